The fourth-order valence-corrected chi connectivity index (χ4v) is 4.16. The van der Waals surface area contributed by atoms with Crippen LogP contribution in [0.15, 0.2) is 66.9 Å². The lowest BCUT2D eigenvalue weighted by Crippen LogP contribution is -2.35. The number of para-hydroxylation sites is 1. The number of anilines is 2. The summed E-state index contributed by atoms with van der Waals surface area (Å²) in [5.74, 6) is 0.756. The third-order valence-corrected chi connectivity index (χ3v) is 5.71. The van der Waals surface area contributed by atoms with E-state index in [4.69, 9.17) is 0 Å². The van der Waals surface area contributed by atoms with Crippen molar-refractivity contribution in [2.45, 2.75) is 32.9 Å². The number of benzene rings is 2. The van der Waals surface area contributed by atoms with Crippen LogP contribution in [0, 0.1) is 0 Å². The molecule has 0 amide bonds. The molecule has 1 aliphatic rings. The normalized spacial score (nSPS) is 14.3. The second-order valence-corrected chi connectivity index (χ2v) is 7.52. The Morgan fingerprint density at radius 3 is 2.77 bits per heavy atom. The minimum atomic E-state index is 0.0324. The Hall–Kier alpha value is -3.67. The first kappa shape index (κ1) is 18.4. The first-order valence-electron chi connectivity index (χ1n) is 10.3. The highest BCUT2D eigenvalue weighted by Crippen LogP contribution is 2.34. The van der Waals surface area contributed by atoms with Crippen LogP contribution in [-0.4, -0.2) is 26.0 Å². The van der Waals surface area contributed by atoms with Crippen LogP contribution in [0.5, 0.6) is 0 Å². The summed E-state index contributed by atoms with van der Waals surface area (Å²) in [6.07, 6.45) is 6.52. The van der Waals surface area contributed by atoms with Crippen molar-refractivity contribution in [3.63, 3.8) is 0 Å². The number of aryl methyl sites for hydroxylation is 1. The largest absolute Gasteiger partial charge is 0.360 e. The average molecular weight is 396 g/mol. The van der Waals surface area contributed by atoms with Gasteiger partial charge in [0, 0.05) is 17.9 Å². The van der Waals surface area contributed by atoms with Crippen LogP contribution in [0.4, 0.5) is 11.5 Å². The van der Waals surface area contributed by atoms with Crippen molar-refractivity contribution in [1.29, 1.82) is 0 Å². The summed E-state index contributed by atoms with van der Waals surface area (Å²) < 4.78 is 0. The number of imidazole rings is 1. The molecule has 0 radical (unpaired) electrons. The smallest absolute Gasteiger partial charge is 0.182 e. The Morgan fingerprint density at radius 2 is 1.93 bits per heavy atom. The molecule has 2 aromatic carbocycles. The third-order valence-electron chi connectivity index (χ3n) is 5.71. The summed E-state index contributed by atoms with van der Waals surface area (Å²) in [7, 11) is 0. The van der Waals surface area contributed by atoms with Crippen LogP contribution in [0.1, 0.15) is 30.5 Å². The first-order valence-corrected chi connectivity index (χ1v) is 10.3. The Labute approximate surface area is 175 Å². The van der Waals surface area contributed by atoms with Gasteiger partial charge in [-0.25, -0.2) is 15.0 Å². The number of nitrogens with one attached hydrogen (secondary N) is 2. The second kappa shape index (κ2) is 7.63. The molecule has 5 rings (SSSR count). The van der Waals surface area contributed by atoms with E-state index in [1.807, 2.05) is 0 Å². The Bertz CT molecular complexity index is 1210. The maximum Gasteiger partial charge on any atom is 0.182 e. The van der Waals surface area contributed by atoms with Crippen molar-refractivity contribution >= 4 is 28.7 Å². The van der Waals surface area contributed by atoms with Crippen LogP contribution in [0.3, 0.4) is 0 Å². The number of nitrogens with zero attached hydrogens (tertiary/aromatic N) is 4. The zero-order chi connectivity index (χ0) is 20.5. The van der Waals surface area contributed by atoms with E-state index in [1.54, 1.807) is 12.7 Å². The van der Waals surface area contributed by atoms with E-state index in [1.165, 1.54) is 28.1 Å². The number of hydrogen-bond acceptors (Lipinski definition) is 5. The maximum atomic E-state index is 4.44. The number of rotatable bonds is 5. The molecule has 1 atom stereocenters. The van der Waals surface area contributed by atoms with Crippen LogP contribution in [0.2, 0.25) is 0 Å². The van der Waals surface area contributed by atoms with Crippen molar-refractivity contribution in [3.8, 4) is 0 Å². The fourth-order valence-electron chi connectivity index (χ4n) is 4.16. The van der Waals surface area contributed by atoms with Crippen molar-refractivity contribution in [3.05, 3.63) is 83.6 Å². The monoisotopic (exact) mass is 396 g/mol. The molecule has 6 heteroatoms. The highest BCUT2D eigenvalue weighted by Gasteiger charge is 2.25. The molecule has 0 saturated carbocycles. The van der Waals surface area contributed by atoms with E-state index >= 15 is 0 Å². The zero-order valence-electron chi connectivity index (χ0n) is 17.1. The van der Waals surface area contributed by atoms with Gasteiger partial charge in [-0.3, -0.25) is 0 Å². The Balaban J connectivity index is 1.57. The van der Waals surface area contributed by atoms with Crippen molar-refractivity contribution < 1.29 is 0 Å². The first-order chi connectivity index (χ1) is 14.7. The van der Waals surface area contributed by atoms with Gasteiger partial charge in [0.25, 0.3) is 0 Å². The summed E-state index contributed by atoms with van der Waals surface area (Å²) in [6.45, 7) is 5.24. The van der Waals surface area contributed by atoms with Gasteiger partial charge in [0.1, 0.15) is 11.8 Å². The Kier molecular flexibility index (Phi) is 4.67. The summed E-state index contributed by atoms with van der Waals surface area (Å²) in [6, 6.07) is 17.2. The van der Waals surface area contributed by atoms with Crippen molar-refractivity contribution in [1.82, 2.24) is 19.9 Å². The van der Waals surface area contributed by atoms with Gasteiger partial charge < -0.3 is 15.2 Å². The van der Waals surface area contributed by atoms with E-state index in [9.17, 15) is 0 Å². The minimum Gasteiger partial charge on any atom is -0.360 e. The predicted molar refractivity (Wildman–Crippen MR) is 121 cm³/mol. The second-order valence-electron chi connectivity index (χ2n) is 7.52. The molecule has 0 spiro atoms. The predicted octanol–water partition coefficient (Wildman–Crippen LogP) is 4.78. The van der Waals surface area contributed by atoms with Crippen LogP contribution < -0.4 is 10.2 Å². The average Bonchev–Trinajstić information content (AvgIpc) is 3.28. The SMILES string of the molecule is CCc1cccc2c1CN(c1ccccc1)C([C@H](C)Nc1ncnc3nc[nH]c13)=C2. The molecule has 2 aromatic heterocycles. The molecule has 3 heterocycles. The van der Waals surface area contributed by atoms with Gasteiger partial charge in [-0.05, 0) is 48.2 Å². The van der Waals surface area contributed by atoms with Crippen LogP contribution in [0.25, 0.3) is 17.2 Å². The van der Waals surface area contributed by atoms with Crippen LogP contribution in [-0.2, 0) is 13.0 Å². The number of aromatic amines is 1. The topological polar surface area (TPSA) is 69.7 Å². The molecule has 30 heavy (non-hydrogen) atoms. The zero-order valence-corrected chi connectivity index (χ0v) is 17.1. The number of fused-ring (bicyclic) bond motifs is 2. The number of hydrogen-bond donors (Lipinski definition) is 2. The van der Waals surface area contributed by atoms with Gasteiger partial charge in [0.05, 0.1) is 12.4 Å². The Morgan fingerprint density at radius 1 is 1.07 bits per heavy atom. The molecule has 1 aliphatic heterocycles. The standard InChI is InChI=1S/C24H24N6/c1-3-17-8-7-9-18-12-21(30(13-20(17)18)19-10-5-4-6-11-19)16(2)29-24-22-23(26-14-25-22)27-15-28-24/h4-12,14-16H,3,13H2,1-2H3,(H2,25,26,27,28,29)/t16-/m0/s1. The highest BCUT2D eigenvalue weighted by molar-refractivity contribution is 5.82. The minimum absolute atomic E-state index is 0.0324. The molecule has 4 aromatic rings. The molecule has 0 bridgehead atoms. The van der Waals surface area contributed by atoms with Gasteiger partial charge in [-0.15, -0.1) is 0 Å². The molecule has 0 aliphatic carbocycles. The summed E-state index contributed by atoms with van der Waals surface area (Å²) in [4.78, 5) is 18.4. The van der Waals surface area contributed by atoms with E-state index in [2.05, 4.69) is 98.6 Å². The van der Waals surface area contributed by atoms with Crippen molar-refractivity contribution in [2.75, 3.05) is 10.2 Å². The van der Waals surface area contributed by atoms with E-state index in [-0.39, 0.29) is 6.04 Å². The molecular formula is C24H24N6. The maximum absolute atomic E-state index is 4.44. The summed E-state index contributed by atoms with van der Waals surface area (Å²) in [5.41, 5.74) is 7.96. The number of H-pyrrole nitrogens is 1. The lowest BCUT2D eigenvalue weighted by molar-refractivity contribution is 0.790. The summed E-state index contributed by atoms with van der Waals surface area (Å²) >= 11 is 0. The summed E-state index contributed by atoms with van der Waals surface area (Å²) in [5, 5.41) is 3.57. The molecular weight excluding hydrogens is 372 g/mol. The lowest BCUT2D eigenvalue weighted by atomic mass is 9.93. The van der Waals surface area contributed by atoms with Gasteiger partial charge in [0.2, 0.25) is 0 Å². The van der Waals surface area contributed by atoms with Gasteiger partial charge in [-0.1, -0.05) is 43.3 Å². The third kappa shape index (κ3) is 3.20. The molecule has 2 N–H and O–H groups in total. The molecule has 0 unspecified atom stereocenters. The van der Waals surface area contributed by atoms with Crippen LogP contribution >= 0.6 is 0 Å². The molecule has 0 fully saturated rings. The van der Waals surface area contributed by atoms with E-state index < -0.39 is 0 Å². The van der Waals surface area contributed by atoms with Gasteiger partial charge in [-0.2, -0.15) is 0 Å². The molecule has 150 valence electrons. The van der Waals surface area contributed by atoms with E-state index in [0.717, 1.165) is 24.3 Å². The molecule has 6 nitrogen and oxygen atoms in total. The fraction of sp³-hybridized carbons (Fsp3) is 0.208. The lowest BCUT2D eigenvalue weighted by Gasteiger charge is -2.36. The van der Waals surface area contributed by atoms with E-state index in [0.29, 0.717) is 5.65 Å². The number of aromatic nitrogens is 4. The van der Waals surface area contributed by atoms with Gasteiger partial charge >= 0.3 is 0 Å². The van der Waals surface area contributed by atoms with Crippen molar-refractivity contribution in [2.24, 2.45) is 0 Å². The highest BCUT2D eigenvalue weighted by atomic mass is 15.2. The quantitative estimate of drug-likeness (QED) is 0.508. The van der Waals surface area contributed by atoms with Gasteiger partial charge in [0.15, 0.2) is 11.5 Å². The molecule has 0 saturated heterocycles.